The van der Waals surface area contributed by atoms with Crippen LogP contribution in [0.25, 0.3) is 0 Å². The highest BCUT2D eigenvalue weighted by atomic mass is 16.5. The standard InChI is InChI=1S/C14H19NO3/c1-5-13(17)18-8-12(16)15-14-10(3)6-9(2)7-11(14)4/h6-7H,5,8H2,1-4H3,(H,15,16). The van der Waals surface area contributed by atoms with Crippen molar-refractivity contribution in [3.8, 4) is 0 Å². The maximum absolute atomic E-state index is 11.6. The number of esters is 1. The van der Waals surface area contributed by atoms with Crippen molar-refractivity contribution in [2.24, 2.45) is 0 Å². The summed E-state index contributed by atoms with van der Waals surface area (Å²) in [6, 6.07) is 4.00. The zero-order valence-corrected chi connectivity index (χ0v) is 11.3. The first-order chi connectivity index (χ1) is 8.43. The molecular formula is C14H19NO3. The molecule has 0 bridgehead atoms. The third-order valence-corrected chi connectivity index (χ3v) is 2.59. The van der Waals surface area contributed by atoms with Crippen LogP contribution in [-0.2, 0) is 14.3 Å². The van der Waals surface area contributed by atoms with Gasteiger partial charge in [-0.15, -0.1) is 0 Å². The molecule has 0 saturated heterocycles. The third-order valence-electron chi connectivity index (χ3n) is 2.59. The lowest BCUT2D eigenvalue weighted by Crippen LogP contribution is -2.21. The van der Waals surface area contributed by atoms with Crippen molar-refractivity contribution >= 4 is 17.6 Å². The molecule has 1 rings (SSSR count). The Hall–Kier alpha value is -1.84. The van der Waals surface area contributed by atoms with E-state index in [9.17, 15) is 9.59 Å². The maximum Gasteiger partial charge on any atom is 0.306 e. The summed E-state index contributed by atoms with van der Waals surface area (Å²) in [7, 11) is 0. The summed E-state index contributed by atoms with van der Waals surface area (Å²) in [6.07, 6.45) is 0.274. The molecule has 0 saturated carbocycles. The fraction of sp³-hybridized carbons (Fsp3) is 0.429. The monoisotopic (exact) mass is 249 g/mol. The van der Waals surface area contributed by atoms with Gasteiger partial charge in [-0.1, -0.05) is 24.6 Å². The summed E-state index contributed by atoms with van der Waals surface area (Å²) in [5.41, 5.74) is 3.95. The molecule has 0 fully saturated rings. The second-order valence-corrected chi connectivity index (χ2v) is 4.34. The number of nitrogens with one attached hydrogen (secondary N) is 1. The molecule has 0 aliphatic heterocycles. The first-order valence-corrected chi connectivity index (χ1v) is 5.97. The molecule has 18 heavy (non-hydrogen) atoms. The number of carbonyl (C=O) groups excluding carboxylic acids is 2. The Kier molecular flexibility index (Phi) is 4.89. The minimum atomic E-state index is -0.373. The van der Waals surface area contributed by atoms with Crippen LogP contribution in [0.2, 0.25) is 0 Å². The summed E-state index contributed by atoms with van der Waals surface area (Å²) < 4.78 is 4.78. The Morgan fingerprint density at radius 1 is 1.17 bits per heavy atom. The fourth-order valence-electron chi connectivity index (χ4n) is 1.80. The van der Waals surface area contributed by atoms with E-state index in [4.69, 9.17) is 4.74 Å². The van der Waals surface area contributed by atoms with Crippen LogP contribution in [0.5, 0.6) is 0 Å². The largest absolute Gasteiger partial charge is 0.456 e. The van der Waals surface area contributed by atoms with Crippen molar-refractivity contribution in [1.29, 1.82) is 0 Å². The number of benzene rings is 1. The molecule has 1 aromatic rings. The molecule has 1 amide bonds. The van der Waals surface area contributed by atoms with E-state index in [2.05, 4.69) is 5.32 Å². The van der Waals surface area contributed by atoms with Crippen LogP contribution in [0, 0.1) is 20.8 Å². The Morgan fingerprint density at radius 3 is 2.22 bits per heavy atom. The average Bonchev–Trinajstić information content (AvgIpc) is 2.30. The van der Waals surface area contributed by atoms with Crippen LogP contribution in [0.3, 0.4) is 0 Å². The summed E-state index contributed by atoms with van der Waals surface area (Å²) in [5.74, 6) is -0.686. The molecule has 0 aliphatic carbocycles. The van der Waals surface area contributed by atoms with E-state index < -0.39 is 0 Å². The lowest BCUT2D eigenvalue weighted by molar-refractivity contribution is -0.146. The number of ether oxygens (including phenoxy) is 1. The summed E-state index contributed by atoms with van der Waals surface area (Å²) in [5, 5.41) is 2.77. The van der Waals surface area contributed by atoms with Gasteiger partial charge in [-0.05, 0) is 31.9 Å². The highest BCUT2D eigenvalue weighted by molar-refractivity contribution is 5.94. The first kappa shape index (κ1) is 14.2. The molecular weight excluding hydrogens is 230 g/mol. The number of aryl methyl sites for hydroxylation is 3. The molecule has 1 aromatic carbocycles. The smallest absolute Gasteiger partial charge is 0.306 e. The number of anilines is 1. The molecule has 0 spiro atoms. The van der Waals surface area contributed by atoms with Gasteiger partial charge in [-0.25, -0.2) is 0 Å². The van der Waals surface area contributed by atoms with Gasteiger partial charge in [-0.3, -0.25) is 9.59 Å². The van der Waals surface area contributed by atoms with E-state index in [0.29, 0.717) is 0 Å². The average molecular weight is 249 g/mol. The molecule has 98 valence electrons. The molecule has 4 nitrogen and oxygen atoms in total. The number of hydrogen-bond donors (Lipinski definition) is 1. The lowest BCUT2D eigenvalue weighted by atomic mass is 10.1. The molecule has 0 heterocycles. The molecule has 0 atom stereocenters. The van der Waals surface area contributed by atoms with Gasteiger partial charge < -0.3 is 10.1 Å². The van der Waals surface area contributed by atoms with Gasteiger partial charge in [0, 0.05) is 12.1 Å². The van der Waals surface area contributed by atoms with Gasteiger partial charge in [0.05, 0.1) is 0 Å². The zero-order valence-electron chi connectivity index (χ0n) is 11.3. The molecule has 0 unspecified atom stereocenters. The number of rotatable bonds is 4. The van der Waals surface area contributed by atoms with Crippen molar-refractivity contribution in [3.63, 3.8) is 0 Å². The van der Waals surface area contributed by atoms with Crippen LogP contribution in [0.4, 0.5) is 5.69 Å². The number of amides is 1. The molecule has 0 aliphatic rings. The van der Waals surface area contributed by atoms with E-state index in [1.807, 2.05) is 32.9 Å². The van der Waals surface area contributed by atoms with Crippen molar-refractivity contribution in [1.82, 2.24) is 0 Å². The molecule has 0 aromatic heterocycles. The van der Waals surface area contributed by atoms with Crippen LogP contribution in [0.1, 0.15) is 30.0 Å². The predicted molar refractivity (Wildman–Crippen MR) is 70.5 cm³/mol. The Bertz CT molecular complexity index is 443. The summed E-state index contributed by atoms with van der Waals surface area (Å²) in [6.45, 7) is 7.34. The Balaban J connectivity index is 2.68. The van der Waals surface area contributed by atoms with Gasteiger partial charge in [0.1, 0.15) is 0 Å². The van der Waals surface area contributed by atoms with Crippen molar-refractivity contribution in [2.75, 3.05) is 11.9 Å². The van der Waals surface area contributed by atoms with E-state index in [1.54, 1.807) is 6.92 Å². The quantitative estimate of drug-likeness (QED) is 0.834. The van der Waals surface area contributed by atoms with Crippen molar-refractivity contribution in [3.05, 3.63) is 28.8 Å². The maximum atomic E-state index is 11.6. The third kappa shape index (κ3) is 3.87. The van der Waals surface area contributed by atoms with Crippen molar-refractivity contribution in [2.45, 2.75) is 34.1 Å². The van der Waals surface area contributed by atoms with Gasteiger partial charge >= 0.3 is 5.97 Å². The van der Waals surface area contributed by atoms with E-state index in [-0.39, 0.29) is 24.9 Å². The Morgan fingerprint density at radius 2 is 1.72 bits per heavy atom. The van der Waals surface area contributed by atoms with Crippen LogP contribution >= 0.6 is 0 Å². The second-order valence-electron chi connectivity index (χ2n) is 4.34. The highest BCUT2D eigenvalue weighted by Gasteiger charge is 2.10. The van der Waals surface area contributed by atoms with E-state index in [1.165, 1.54) is 0 Å². The minimum absolute atomic E-state index is 0.237. The SMILES string of the molecule is CCC(=O)OCC(=O)Nc1c(C)cc(C)cc1C. The molecule has 0 radical (unpaired) electrons. The predicted octanol–water partition coefficient (Wildman–Crippen LogP) is 2.50. The molecule has 1 N–H and O–H groups in total. The molecule has 4 heteroatoms. The Labute approximate surface area is 107 Å². The van der Waals surface area contributed by atoms with Gasteiger partial charge in [0.15, 0.2) is 6.61 Å². The van der Waals surface area contributed by atoms with E-state index >= 15 is 0 Å². The van der Waals surface area contributed by atoms with Gasteiger partial charge in [0.25, 0.3) is 5.91 Å². The first-order valence-electron chi connectivity index (χ1n) is 5.97. The van der Waals surface area contributed by atoms with Crippen LogP contribution in [0.15, 0.2) is 12.1 Å². The topological polar surface area (TPSA) is 55.4 Å². The second kappa shape index (κ2) is 6.19. The van der Waals surface area contributed by atoms with Crippen LogP contribution < -0.4 is 5.32 Å². The fourth-order valence-corrected chi connectivity index (χ4v) is 1.80. The van der Waals surface area contributed by atoms with Gasteiger partial charge in [-0.2, -0.15) is 0 Å². The van der Waals surface area contributed by atoms with Crippen LogP contribution in [-0.4, -0.2) is 18.5 Å². The number of carbonyl (C=O) groups is 2. The highest BCUT2D eigenvalue weighted by Crippen LogP contribution is 2.21. The normalized spacial score (nSPS) is 10.0. The minimum Gasteiger partial charge on any atom is -0.456 e. The number of hydrogen-bond acceptors (Lipinski definition) is 3. The van der Waals surface area contributed by atoms with E-state index in [0.717, 1.165) is 22.4 Å². The summed E-state index contributed by atoms with van der Waals surface area (Å²) >= 11 is 0. The lowest BCUT2D eigenvalue weighted by Gasteiger charge is -2.12. The van der Waals surface area contributed by atoms with Crippen molar-refractivity contribution < 1.29 is 14.3 Å². The van der Waals surface area contributed by atoms with Gasteiger partial charge in [0.2, 0.25) is 0 Å². The zero-order chi connectivity index (χ0) is 13.7. The summed E-state index contributed by atoms with van der Waals surface area (Å²) in [4.78, 5) is 22.6.